The molecule has 0 spiro atoms. The molecule has 1 aliphatic rings. The summed E-state index contributed by atoms with van der Waals surface area (Å²) >= 11 is 0. The fraction of sp³-hybridized carbons (Fsp3) is 0.500. The fourth-order valence-corrected chi connectivity index (χ4v) is 2.65. The zero-order valence-corrected chi connectivity index (χ0v) is 13.7. The molecule has 1 atom stereocenters. The third-order valence-electron chi connectivity index (χ3n) is 4.03. The molecule has 1 aliphatic heterocycles. The van der Waals surface area contributed by atoms with E-state index in [-0.39, 0.29) is 18.3 Å². The summed E-state index contributed by atoms with van der Waals surface area (Å²) in [7, 11) is 0. The molecule has 1 aromatic carbocycles. The molecular weight excluding hydrogens is 302 g/mol. The first kappa shape index (κ1) is 18.5. The third-order valence-corrected chi connectivity index (χ3v) is 4.03. The molecule has 1 unspecified atom stereocenters. The van der Waals surface area contributed by atoms with E-state index in [9.17, 15) is 9.59 Å². The maximum atomic E-state index is 12.2. The number of nitrogens with one attached hydrogen (secondary N) is 2. The highest BCUT2D eigenvalue weighted by Crippen LogP contribution is 2.18. The van der Waals surface area contributed by atoms with Crippen LogP contribution >= 0.6 is 12.4 Å². The van der Waals surface area contributed by atoms with Crippen LogP contribution < -0.4 is 16.4 Å². The van der Waals surface area contributed by atoms with Crippen molar-refractivity contribution in [3.63, 3.8) is 0 Å². The average Bonchev–Trinajstić information content (AvgIpc) is 2.48. The van der Waals surface area contributed by atoms with Crippen LogP contribution in [0.15, 0.2) is 24.3 Å². The van der Waals surface area contributed by atoms with Crippen molar-refractivity contribution in [1.29, 1.82) is 0 Å². The molecule has 5 nitrogen and oxygen atoms in total. The van der Waals surface area contributed by atoms with Crippen LogP contribution in [-0.4, -0.2) is 30.4 Å². The molecule has 122 valence electrons. The Morgan fingerprint density at radius 1 is 1.36 bits per heavy atom. The van der Waals surface area contributed by atoms with E-state index in [1.807, 2.05) is 13.0 Å². The number of benzene rings is 1. The normalized spacial score (nSPS) is 20.8. The number of amides is 2. The minimum atomic E-state index is -0.451. The second-order valence-corrected chi connectivity index (χ2v) is 5.79. The first-order chi connectivity index (χ1) is 10.0. The molecule has 22 heavy (non-hydrogen) atoms. The second-order valence-electron chi connectivity index (χ2n) is 5.79. The van der Waals surface area contributed by atoms with Crippen molar-refractivity contribution in [3.8, 4) is 0 Å². The first-order valence-corrected chi connectivity index (χ1v) is 7.43. The zero-order chi connectivity index (χ0) is 15.3. The van der Waals surface area contributed by atoms with Crippen molar-refractivity contribution in [2.24, 2.45) is 5.73 Å². The topological polar surface area (TPSA) is 84.2 Å². The smallest absolute Gasteiger partial charge is 0.248 e. The van der Waals surface area contributed by atoms with Crippen LogP contribution in [0.5, 0.6) is 0 Å². The van der Waals surface area contributed by atoms with Gasteiger partial charge in [0.15, 0.2) is 0 Å². The van der Waals surface area contributed by atoms with Gasteiger partial charge in [0, 0.05) is 12.1 Å². The third kappa shape index (κ3) is 4.71. The van der Waals surface area contributed by atoms with Gasteiger partial charge >= 0.3 is 0 Å². The van der Waals surface area contributed by atoms with Crippen molar-refractivity contribution in [2.45, 2.75) is 38.1 Å². The maximum absolute atomic E-state index is 12.2. The van der Waals surface area contributed by atoms with Crippen molar-refractivity contribution in [2.75, 3.05) is 13.1 Å². The van der Waals surface area contributed by atoms with Crippen LogP contribution in [0.1, 0.15) is 42.1 Å². The second kappa shape index (κ2) is 8.15. The Kier molecular flexibility index (Phi) is 6.84. The highest BCUT2D eigenvalue weighted by molar-refractivity contribution is 5.92. The van der Waals surface area contributed by atoms with Gasteiger partial charge in [-0.3, -0.25) is 9.59 Å². The summed E-state index contributed by atoms with van der Waals surface area (Å²) < 4.78 is 0. The Morgan fingerprint density at radius 2 is 2.14 bits per heavy atom. The quantitative estimate of drug-likeness (QED) is 0.765. The molecule has 0 aromatic heterocycles. The number of carbonyl (C=O) groups is 2. The van der Waals surface area contributed by atoms with E-state index in [1.54, 1.807) is 18.2 Å². The van der Waals surface area contributed by atoms with Crippen molar-refractivity contribution in [1.82, 2.24) is 10.6 Å². The lowest BCUT2D eigenvalue weighted by molar-refractivity contribution is -0.127. The molecule has 1 aromatic rings. The van der Waals surface area contributed by atoms with Gasteiger partial charge < -0.3 is 16.4 Å². The molecule has 2 amide bonds. The van der Waals surface area contributed by atoms with E-state index in [0.29, 0.717) is 18.5 Å². The minimum absolute atomic E-state index is 0. The van der Waals surface area contributed by atoms with Gasteiger partial charge in [0.1, 0.15) is 0 Å². The molecule has 4 N–H and O–H groups in total. The van der Waals surface area contributed by atoms with Crippen LogP contribution in [0, 0.1) is 0 Å². The summed E-state index contributed by atoms with van der Waals surface area (Å²) in [5.74, 6) is -0.381. The molecule has 1 saturated heterocycles. The first-order valence-electron chi connectivity index (χ1n) is 7.43. The van der Waals surface area contributed by atoms with Crippen LogP contribution in [0.2, 0.25) is 0 Å². The van der Waals surface area contributed by atoms with Crippen molar-refractivity contribution >= 4 is 24.2 Å². The number of carbonyl (C=O) groups excluding carboxylic acids is 2. The van der Waals surface area contributed by atoms with Gasteiger partial charge in [0.25, 0.3) is 0 Å². The van der Waals surface area contributed by atoms with E-state index in [2.05, 4.69) is 10.6 Å². The molecular formula is C16H24ClN3O2. The lowest BCUT2D eigenvalue weighted by Gasteiger charge is -2.33. The Labute approximate surface area is 137 Å². The highest BCUT2D eigenvalue weighted by Gasteiger charge is 2.33. The summed E-state index contributed by atoms with van der Waals surface area (Å²) in [6, 6.07) is 7.20. The zero-order valence-electron chi connectivity index (χ0n) is 12.9. The standard InChI is InChI=1S/C16H23N3O2.ClH/c1-16(8-2-3-9-19-16)15(21)18-10-7-12-5-4-6-13(11-12)14(17)20;/h4-6,11,19H,2-3,7-10H2,1H3,(H2,17,20)(H,18,21);1H. The lowest BCUT2D eigenvalue weighted by atomic mass is 9.90. The molecule has 0 radical (unpaired) electrons. The van der Waals surface area contributed by atoms with Crippen LogP contribution in [0.3, 0.4) is 0 Å². The largest absolute Gasteiger partial charge is 0.366 e. The average molecular weight is 326 g/mol. The van der Waals surface area contributed by atoms with E-state index in [0.717, 1.165) is 31.4 Å². The van der Waals surface area contributed by atoms with E-state index < -0.39 is 11.4 Å². The molecule has 1 fully saturated rings. The van der Waals surface area contributed by atoms with E-state index >= 15 is 0 Å². The number of rotatable bonds is 5. The number of nitrogens with two attached hydrogens (primary N) is 1. The van der Waals surface area contributed by atoms with Gasteiger partial charge in [-0.2, -0.15) is 0 Å². The molecule has 6 heteroatoms. The summed E-state index contributed by atoms with van der Waals surface area (Å²) in [5.41, 5.74) is 6.30. The predicted molar refractivity (Wildman–Crippen MR) is 89.2 cm³/mol. The van der Waals surface area contributed by atoms with Gasteiger partial charge in [0.2, 0.25) is 11.8 Å². The molecule has 0 bridgehead atoms. The predicted octanol–water partition coefficient (Wildman–Crippen LogP) is 1.40. The molecule has 2 rings (SSSR count). The van der Waals surface area contributed by atoms with Gasteiger partial charge in [-0.1, -0.05) is 12.1 Å². The molecule has 1 heterocycles. The lowest BCUT2D eigenvalue weighted by Crippen LogP contribution is -2.57. The van der Waals surface area contributed by atoms with Gasteiger partial charge in [-0.15, -0.1) is 12.4 Å². The van der Waals surface area contributed by atoms with Gasteiger partial charge in [-0.25, -0.2) is 0 Å². The Balaban J connectivity index is 0.00000242. The highest BCUT2D eigenvalue weighted by atomic mass is 35.5. The van der Waals surface area contributed by atoms with E-state index in [4.69, 9.17) is 5.73 Å². The van der Waals surface area contributed by atoms with Crippen LogP contribution in [0.4, 0.5) is 0 Å². The number of primary amides is 1. The summed E-state index contributed by atoms with van der Waals surface area (Å²) in [6.45, 7) is 3.40. The Morgan fingerprint density at radius 3 is 2.77 bits per heavy atom. The van der Waals surface area contributed by atoms with Gasteiger partial charge in [-0.05, 0) is 56.8 Å². The monoisotopic (exact) mass is 325 g/mol. The number of hydrogen-bond donors (Lipinski definition) is 3. The molecule has 0 aliphatic carbocycles. The van der Waals surface area contributed by atoms with Crippen LogP contribution in [0.25, 0.3) is 0 Å². The van der Waals surface area contributed by atoms with Gasteiger partial charge in [0.05, 0.1) is 5.54 Å². The Bertz CT molecular complexity index is 528. The van der Waals surface area contributed by atoms with Crippen molar-refractivity contribution < 1.29 is 9.59 Å². The maximum Gasteiger partial charge on any atom is 0.248 e. The number of halogens is 1. The number of hydrogen-bond acceptors (Lipinski definition) is 3. The minimum Gasteiger partial charge on any atom is -0.366 e. The molecule has 0 saturated carbocycles. The summed E-state index contributed by atoms with van der Waals surface area (Å²) in [4.78, 5) is 23.4. The summed E-state index contributed by atoms with van der Waals surface area (Å²) in [6.07, 6.45) is 3.76. The van der Waals surface area contributed by atoms with E-state index in [1.165, 1.54) is 0 Å². The van der Waals surface area contributed by atoms with Crippen LogP contribution in [-0.2, 0) is 11.2 Å². The SMILES string of the molecule is CC1(C(=O)NCCc2cccc(C(N)=O)c2)CCCCN1.Cl. The fourth-order valence-electron chi connectivity index (χ4n) is 2.65. The summed E-state index contributed by atoms with van der Waals surface area (Å²) in [5, 5.41) is 6.27. The van der Waals surface area contributed by atoms with Crippen molar-refractivity contribution in [3.05, 3.63) is 35.4 Å². The Hall–Kier alpha value is -1.59. The number of piperidine rings is 1.